The van der Waals surface area contributed by atoms with Crippen molar-refractivity contribution in [1.29, 1.82) is 0 Å². The van der Waals surface area contributed by atoms with Crippen LogP contribution in [0.3, 0.4) is 0 Å². The summed E-state index contributed by atoms with van der Waals surface area (Å²) < 4.78 is 0. The van der Waals surface area contributed by atoms with Gasteiger partial charge in [0.15, 0.2) is 0 Å². The van der Waals surface area contributed by atoms with Crippen molar-refractivity contribution >= 4 is 34.3 Å². The highest BCUT2D eigenvalue weighted by Crippen LogP contribution is 2.22. The number of thioether (sulfide) groups is 2. The van der Waals surface area contributed by atoms with Crippen molar-refractivity contribution in [3.63, 3.8) is 0 Å². The first kappa shape index (κ1) is 9.16. The second kappa shape index (κ2) is 4.72. The van der Waals surface area contributed by atoms with Crippen LogP contribution in [0.25, 0.3) is 0 Å². The lowest BCUT2D eigenvalue weighted by Gasteiger charge is -2.11. The number of para-hydroxylation sites is 1. The molecule has 1 fully saturated rings. The maximum Gasteiger partial charge on any atom is 0.0838 e. The van der Waals surface area contributed by atoms with E-state index in [9.17, 15) is 0 Å². The van der Waals surface area contributed by atoms with E-state index in [4.69, 9.17) is 0 Å². The van der Waals surface area contributed by atoms with Gasteiger partial charge in [0.25, 0.3) is 0 Å². The Hall–Kier alpha value is -0.410. The summed E-state index contributed by atoms with van der Waals surface area (Å²) in [4.78, 5) is 4.58. The first-order chi connectivity index (χ1) is 6.45. The van der Waals surface area contributed by atoms with Crippen molar-refractivity contribution in [2.24, 2.45) is 4.99 Å². The van der Waals surface area contributed by atoms with Crippen molar-refractivity contribution in [2.45, 2.75) is 0 Å². The summed E-state index contributed by atoms with van der Waals surface area (Å²) in [5, 5.41) is 1.27. The van der Waals surface area contributed by atoms with Crippen molar-refractivity contribution in [3.8, 4) is 0 Å². The van der Waals surface area contributed by atoms with Gasteiger partial charge in [-0.1, -0.05) is 18.2 Å². The van der Waals surface area contributed by atoms with Crippen molar-refractivity contribution in [1.82, 2.24) is 0 Å². The summed E-state index contributed by atoms with van der Waals surface area (Å²) in [6.07, 6.45) is 0. The minimum absolute atomic E-state index is 1.08. The molecule has 0 aromatic heterocycles. The molecule has 0 N–H and O–H groups in total. The average molecular weight is 209 g/mol. The van der Waals surface area contributed by atoms with Crippen LogP contribution < -0.4 is 0 Å². The Balaban J connectivity index is 2.10. The van der Waals surface area contributed by atoms with E-state index in [1.807, 2.05) is 53.9 Å². The molecule has 68 valence electrons. The second-order valence-corrected chi connectivity index (χ2v) is 5.02. The largest absolute Gasteiger partial charge is 0.246 e. The van der Waals surface area contributed by atoms with Gasteiger partial charge in [-0.15, -0.1) is 11.8 Å². The molecule has 3 heteroatoms. The van der Waals surface area contributed by atoms with Gasteiger partial charge < -0.3 is 0 Å². The highest BCUT2D eigenvalue weighted by molar-refractivity contribution is 8.18. The maximum atomic E-state index is 4.58. The molecular formula is C10H11NS2. The lowest BCUT2D eigenvalue weighted by atomic mass is 10.3. The number of aliphatic imine (C=N–C) groups is 1. The Kier molecular flexibility index (Phi) is 3.33. The van der Waals surface area contributed by atoms with Gasteiger partial charge in [-0.25, -0.2) is 4.99 Å². The van der Waals surface area contributed by atoms with Gasteiger partial charge in [0.2, 0.25) is 0 Å². The van der Waals surface area contributed by atoms with Crippen molar-refractivity contribution < 1.29 is 0 Å². The number of hydrogen-bond acceptors (Lipinski definition) is 3. The van der Waals surface area contributed by atoms with Gasteiger partial charge in [0.05, 0.1) is 10.7 Å². The molecule has 0 unspecified atom stereocenters. The van der Waals surface area contributed by atoms with Crippen molar-refractivity contribution in [2.75, 3.05) is 17.3 Å². The Morgan fingerprint density at radius 3 is 2.62 bits per heavy atom. The zero-order valence-electron chi connectivity index (χ0n) is 7.27. The predicted molar refractivity (Wildman–Crippen MR) is 63.3 cm³/mol. The van der Waals surface area contributed by atoms with Gasteiger partial charge in [0.1, 0.15) is 0 Å². The number of rotatable bonds is 1. The lowest BCUT2D eigenvalue weighted by Crippen LogP contribution is -2.06. The zero-order chi connectivity index (χ0) is 8.93. The fourth-order valence-corrected chi connectivity index (χ4v) is 3.31. The quantitative estimate of drug-likeness (QED) is 0.704. The van der Waals surface area contributed by atoms with Crippen LogP contribution in [0.4, 0.5) is 5.69 Å². The molecule has 0 radical (unpaired) electrons. The molecule has 0 aliphatic carbocycles. The topological polar surface area (TPSA) is 12.4 Å². The van der Waals surface area contributed by atoms with E-state index in [0.29, 0.717) is 0 Å². The van der Waals surface area contributed by atoms with E-state index in [1.54, 1.807) is 0 Å². The molecule has 0 amide bonds. The SMILES string of the molecule is c1ccc(N=C2CSCCS2)cc1. The monoisotopic (exact) mass is 209 g/mol. The van der Waals surface area contributed by atoms with Crippen LogP contribution >= 0.6 is 23.5 Å². The first-order valence-electron chi connectivity index (χ1n) is 4.28. The molecule has 0 spiro atoms. The molecule has 0 atom stereocenters. The Morgan fingerprint density at radius 1 is 1.08 bits per heavy atom. The summed E-state index contributed by atoms with van der Waals surface area (Å²) in [7, 11) is 0. The Labute approximate surface area is 87.0 Å². The van der Waals surface area contributed by atoms with Gasteiger partial charge in [-0.2, -0.15) is 11.8 Å². The molecule has 1 saturated heterocycles. The molecule has 1 aliphatic rings. The van der Waals surface area contributed by atoms with E-state index in [1.165, 1.54) is 16.5 Å². The van der Waals surface area contributed by atoms with E-state index in [2.05, 4.69) is 4.99 Å². The minimum atomic E-state index is 1.08. The normalized spacial score (nSPS) is 20.5. The fourth-order valence-electron chi connectivity index (χ4n) is 1.13. The van der Waals surface area contributed by atoms with Gasteiger partial charge >= 0.3 is 0 Å². The third-order valence-electron chi connectivity index (χ3n) is 1.73. The van der Waals surface area contributed by atoms with E-state index < -0.39 is 0 Å². The van der Waals surface area contributed by atoms with Crippen LogP contribution in [0.15, 0.2) is 35.3 Å². The fraction of sp³-hybridized carbons (Fsp3) is 0.300. The van der Waals surface area contributed by atoms with E-state index in [0.717, 1.165) is 11.4 Å². The first-order valence-corrected chi connectivity index (χ1v) is 6.42. The van der Waals surface area contributed by atoms with Crippen LogP contribution in [0, 0.1) is 0 Å². The average Bonchev–Trinajstić information content (AvgIpc) is 2.21. The maximum absolute atomic E-state index is 4.58. The van der Waals surface area contributed by atoms with Crippen LogP contribution in [-0.2, 0) is 0 Å². The summed E-state index contributed by atoms with van der Waals surface area (Å²) in [5.41, 5.74) is 1.08. The standard InChI is InChI=1S/C10H11NS2/c1-2-4-9(5-3-1)11-10-8-12-6-7-13-10/h1-5H,6-8H2. The van der Waals surface area contributed by atoms with Crippen LogP contribution in [-0.4, -0.2) is 22.3 Å². The lowest BCUT2D eigenvalue weighted by molar-refractivity contribution is 1.50. The number of nitrogens with zero attached hydrogens (tertiary/aromatic N) is 1. The van der Waals surface area contributed by atoms with Crippen LogP contribution in [0.5, 0.6) is 0 Å². The molecule has 13 heavy (non-hydrogen) atoms. The summed E-state index contributed by atoms with van der Waals surface area (Å²) in [6.45, 7) is 0. The Morgan fingerprint density at radius 2 is 1.92 bits per heavy atom. The van der Waals surface area contributed by atoms with Gasteiger partial charge in [0, 0.05) is 17.3 Å². The summed E-state index contributed by atoms with van der Waals surface area (Å²) in [6, 6.07) is 10.2. The van der Waals surface area contributed by atoms with Crippen LogP contribution in [0.2, 0.25) is 0 Å². The minimum Gasteiger partial charge on any atom is -0.246 e. The Bertz CT molecular complexity index is 287. The molecule has 1 aromatic rings. The van der Waals surface area contributed by atoms with E-state index in [-0.39, 0.29) is 0 Å². The van der Waals surface area contributed by atoms with Crippen LogP contribution in [0.1, 0.15) is 0 Å². The molecule has 0 bridgehead atoms. The second-order valence-electron chi connectivity index (χ2n) is 2.74. The molecule has 2 rings (SSSR count). The zero-order valence-corrected chi connectivity index (χ0v) is 8.90. The third kappa shape index (κ3) is 2.78. The molecule has 1 nitrogen and oxygen atoms in total. The summed E-state index contributed by atoms with van der Waals surface area (Å²) >= 11 is 3.86. The number of benzene rings is 1. The van der Waals surface area contributed by atoms with Gasteiger partial charge in [-0.05, 0) is 12.1 Å². The molecule has 1 aliphatic heterocycles. The highest BCUT2D eigenvalue weighted by atomic mass is 32.2. The van der Waals surface area contributed by atoms with Gasteiger partial charge in [-0.3, -0.25) is 0 Å². The highest BCUT2D eigenvalue weighted by Gasteiger charge is 2.06. The molecule has 1 heterocycles. The smallest absolute Gasteiger partial charge is 0.0838 e. The van der Waals surface area contributed by atoms with E-state index >= 15 is 0 Å². The third-order valence-corrected chi connectivity index (χ3v) is 4.12. The summed E-state index contributed by atoms with van der Waals surface area (Å²) in [5.74, 6) is 3.55. The number of hydrogen-bond donors (Lipinski definition) is 0. The molecular weight excluding hydrogens is 198 g/mol. The molecule has 0 saturated carbocycles. The molecule has 1 aromatic carbocycles. The predicted octanol–water partition coefficient (Wildman–Crippen LogP) is 3.20. The van der Waals surface area contributed by atoms with Crippen molar-refractivity contribution in [3.05, 3.63) is 30.3 Å².